The fourth-order valence-electron chi connectivity index (χ4n) is 2.54. The van der Waals surface area contributed by atoms with Crippen molar-refractivity contribution in [3.05, 3.63) is 48.8 Å². The third kappa shape index (κ3) is 4.37. The Balaban J connectivity index is 1.69. The summed E-state index contributed by atoms with van der Waals surface area (Å²) >= 11 is 1.27. The van der Waals surface area contributed by atoms with Gasteiger partial charge >= 0.3 is 0 Å². The van der Waals surface area contributed by atoms with Crippen molar-refractivity contribution in [1.29, 1.82) is 0 Å². The van der Waals surface area contributed by atoms with Crippen LogP contribution in [-0.4, -0.2) is 47.8 Å². The zero-order chi connectivity index (χ0) is 19.9. The molecule has 0 radical (unpaired) electrons. The standard InChI is InChI=1S/C19H20N4O4S/c1-25-13-8-9-14(17(10-13)27-3)21-18(24)11-28-19-22-20-12-23(19)15-6-4-5-7-16(15)26-2/h4-10,12H,11H2,1-3H3,(H,21,24). The molecular weight excluding hydrogens is 380 g/mol. The monoisotopic (exact) mass is 400 g/mol. The summed E-state index contributed by atoms with van der Waals surface area (Å²) in [6, 6.07) is 12.7. The molecule has 0 aliphatic rings. The van der Waals surface area contributed by atoms with Gasteiger partial charge in [0.1, 0.15) is 23.6 Å². The molecule has 0 aliphatic heterocycles. The Morgan fingerprint density at radius 2 is 1.86 bits per heavy atom. The Kier molecular flexibility index (Phi) is 6.38. The van der Waals surface area contributed by atoms with Crippen molar-refractivity contribution in [3.63, 3.8) is 0 Å². The van der Waals surface area contributed by atoms with Gasteiger partial charge in [-0.2, -0.15) is 0 Å². The molecule has 1 heterocycles. The third-order valence-corrected chi connectivity index (χ3v) is 4.82. The van der Waals surface area contributed by atoms with Gasteiger partial charge in [0.2, 0.25) is 5.91 Å². The first-order valence-electron chi connectivity index (χ1n) is 8.34. The van der Waals surface area contributed by atoms with Crippen LogP contribution in [0.2, 0.25) is 0 Å². The maximum atomic E-state index is 12.4. The molecule has 0 aliphatic carbocycles. The number of rotatable bonds is 8. The van der Waals surface area contributed by atoms with Gasteiger partial charge in [-0.1, -0.05) is 23.9 Å². The number of methoxy groups -OCH3 is 3. The van der Waals surface area contributed by atoms with Crippen molar-refractivity contribution in [2.24, 2.45) is 0 Å². The van der Waals surface area contributed by atoms with Gasteiger partial charge in [0.05, 0.1) is 38.5 Å². The Morgan fingerprint density at radius 1 is 1.07 bits per heavy atom. The van der Waals surface area contributed by atoms with Gasteiger partial charge in [-0.25, -0.2) is 0 Å². The highest BCUT2D eigenvalue weighted by atomic mass is 32.2. The second-order valence-electron chi connectivity index (χ2n) is 5.56. The van der Waals surface area contributed by atoms with E-state index in [1.54, 1.807) is 43.3 Å². The number of ether oxygens (including phenoxy) is 3. The second kappa shape index (κ2) is 9.14. The first kappa shape index (κ1) is 19.6. The first-order valence-corrected chi connectivity index (χ1v) is 9.33. The van der Waals surface area contributed by atoms with Crippen LogP contribution in [0.3, 0.4) is 0 Å². The van der Waals surface area contributed by atoms with Gasteiger partial charge in [-0.15, -0.1) is 10.2 Å². The fraction of sp³-hybridized carbons (Fsp3) is 0.211. The van der Waals surface area contributed by atoms with Gasteiger partial charge in [-0.05, 0) is 24.3 Å². The summed E-state index contributed by atoms with van der Waals surface area (Å²) < 4.78 is 17.6. The molecule has 28 heavy (non-hydrogen) atoms. The lowest BCUT2D eigenvalue weighted by Crippen LogP contribution is -2.15. The first-order chi connectivity index (χ1) is 13.7. The molecule has 0 saturated heterocycles. The van der Waals surface area contributed by atoms with E-state index in [0.717, 1.165) is 5.69 Å². The number of amides is 1. The van der Waals surface area contributed by atoms with Crippen LogP contribution in [0.5, 0.6) is 17.2 Å². The maximum Gasteiger partial charge on any atom is 0.234 e. The SMILES string of the molecule is COc1ccc(NC(=O)CSc2nncn2-c2ccccc2OC)c(OC)c1. The maximum absolute atomic E-state index is 12.4. The zero-order valence-corrected chi connectivity index (χ0v) is 16.5. The molecule has 0 unspecified atom stereocenters. The molecule has 0 atom stereocenters. The predicted octanol–water partition coefficient (Wildman–Crippen LogP) is 3.02. The van der Waals surface area contributed by atoms with E-state index < -0.39 is 0 Å². The molecule has 0 saturated carbocycles. The normalized spacial score (nSPS) is 10.4. The number of aromatic nitrogens is 3. The van der Waals surface area contributed by atoms with Crippen molar-refractivity contribution in [2.45, 2.75) is 5.16 Å². The van der Waals surface area contributed by atoms with Gasteiger partial charge in [0.15, 0.2) is 5.16 Å². The Labute approximate surface area is 166 Å². The number of hydrogen-bond donors (Lipinski definition) is 1. The molecule has 8 nitrogen and oxygen atoms in total. The summed E-state index contributed by atoms with van der Waals surface area (Å²) in [6.45, 7) is 0. The van der Waals surface area contributed by atoms with Gasteiger partial charge in [0, 0.05) is 6.07 Å². The van der Waals surface area contributed by atoms with E-state index in [1.807, 2.05) is 24.3 Å². The number of thioether (sulfide) groups is 1. The Hall–Kier alpha value is -3.20. The highest BCUT2D eigenvalue weighted by Crippen LogP contribution is 2.30. The number of nitrogens with one attached hydrogen (secondary N) is 1. The Bertz CT molecular complexity index is 961. The van der Waals surface area contributed by atoms with Crippen LogP contribution in [0.15, 0.2) is 53.9 Å². The molecule has 0 bridgehead atoms. The van der Waals surface area contributed by atoms with Gasteiger partial charge < -0.3 is 19.5 Å². The predicted molar refractivity (Wildman–Crippen MR) is 107 cm³/mol. The molecule has 0 spiro atoms. The molecule has 146 valence electrons. The topological polar surface area (TPSA) is 87.5 Å². The van der Waals surface area contributed by atoms with Crippen LogP contribution in [0.4, 0.5) is 5.69 Å². The van der Waals surface area contributed by atoms with E-state index in [-0.39, 0.29) is 11.7 Å². The van der Waals surface area contributed by atoms with Crippen molar-refractivity contribution in [1.82, 2.24) is 14.8 Å². The zero-order valence-electron chi connectivity index (χ0n) is 15.7. The number of nitrogens with zero attached hydrogens (tertiary/aromatic N) is 3. The summed E-state index contributed by atoms with van der Waals surface area (Å²) in [5, 5.41) is 11.5. The molecule has 3 rings (SSSR count). The van der Waals surface area contributed by atoms with E-state index in [4.69, 9.17) is 14.2 Å². The lowest BCUT2D eigenvalue weighted by atomic mass is 10.2. The van der Waals surface area contributed by atoms with E-state index in [1.165, 1.54) is 18.9 Å². The van der Waals surface area contributed by atoms with Crippen LogP contribution in [0.25, 0.3) is 5.69 Å². The van der Waals surface area contributed by atoms with Crippen molar-refractivity contribution in [2.75, 3.05) is 32.4 Å². The van der Waals surface area contributed by atoms with E-state index >= 15 is 0 Å². The molecule has 9 heteroatoms. The lowest BCUT2D eigenvalue weighted by Gasteiger charge is -2.12. The van der Waals surface area contributed by atoms with E-state index in [9.17, 15) is 4.79 Å². The minimum absolute atomic E-state index is 0.156. The molecule has 1 N–H and O–H groups in total. The van der Waals surface area contributed by atoms with Crippen molar-refractivity contribution >= 4 is 23.4 Å². The number of para-hydroxylation sites is 2. The summed E-state index contributed by atoms with van der Waals surface area (Å²) in [5.41, 5.74) is 1.37. The smallest absolute Gasteiger partial charge is 0.234 e. The highest BCUT2D eigenvalue weighted by Gasteiger charge is 2.14. The number of carbonyl (C=O) groups is 1. The largest absolute Gasteiger partial charge is 0.497 e. The van der Waals surface area contributed by atoms with E-state index in [2.05, 4.69) is 15.5 Å². The van der Waals surface area contributed by atoms with Gasteiger partial charge in [-0.3, -0.25) is 9.36 Å². The number of benzene rings is 2. The summed E-state index contributed by atoms with van der Waals surface area (Å²) in [6.07, 6.45) is 1.59. The Morgan fingerprint density at radius 3 is 2.61 bits per heavy atom. The minimum Gasteiger partial charge on any atom is -0.497 e. The summed E-state index contributed by atoms with van der Waals surface area (Å²) in [7, 11) is 4.71. The molecule has 0 fully saturated rings. The average molecular weight is 400 g/mol. The van der Waals surface area contributed by atoms with Crippen molar-refractivity contribution < 1.29 is 19.0 Å². The molecule has 3 aromatic rings. The van der Waals surface area contributed by atoms with Gasteiger partial charge in [0.25, 0.3) is 0 Å². The second-order valence-corrected chi connectivity index (χ2v) is 6.50. The lowest BCUT2D eigenvalue weighted by molar-refractivity contribution is -0.113. The van der Waals surface area contributed by atoms with Crippen LogP contribution < -0.4 is 19.5 Å². The molecular formula is C19H20N4O4S. The number of carbonyl (C=O) groups excluding carboxylic acids is 1. The van der Waals surface area contributed by atoms with Crippen LogP contribution in [-0.2, 0) is 4.79 Å². The fourth-order valence-corrected chi connectivity index (χ4v) is 3.26. The van der Waals surface area contributed by atoms with E-state index in [0.29, 0.717) is 28.1 Å². The highest BCUT2D eigenvalue weighted by molar-refractivity contribution is 7.99. The van der Waals surface area contributed by atoms with Crippen LogP contribution in [0, 0.1) is 0 Å². The summed E-state index contributed by atoms with van der Waals surface area (Å²) in [4.78, 5) is 12.4. The van der Waals surface area contributed by atoms with Crippen LogP contribution >= 0.6 is 11.8 Å². The quantitative estimate of drug-likeness (QED) is 0.582. The number of hydrogen-bond acceptors (Lipinski definition) is 7. The molecule has 2 aromatic carbocycles. The number of anilines is 1. The molecule has 1 amide bonds. The molecule has 1 aromatic heterocycles. The average Bonchev–Trinajstić information content (AvgIpc) is 3.21. The summed E-state index contributed by atoms with van der Waals surface area (Å²) in [5.74, 6) is 1.83. The van der Waals surface area contributed by atoms with Crippen molar-refractivity contribution in [3.8, 4) is 22.9 Å². The van der Waals surface area contributed by atoms with Crippen LogP contribution in [0.1, 0.15) is 0 Å². The third-order valence-electron chi connectivity index (χ3n) is 3.88. The minimum atomic E-state index is -0.192.